The van der Waals surface area contributed by atoms with Crippen molar-refractivity contribution in [2.45, 2.75) is 30.7 Å². The zero-order chi connectivity index (χ0) is 22.1. The van der Waals surface area contributed by atoms with E-state index >= 15 is 0 Å². The average Bonchev–Trinajstić information content (AvgIpc) is 2.81. The number of benzene rings is 3. The van der Waals surface area contributed by atoms with Crippen LogP contribution < -0.4 is 11.1 Å². The van der Waals surface area contributed by atoms with Crippen LogP contribution in [0.5, 0.6) is 0 Å². The van der Waals surface area contributed by atoms with E-state index in [1.807, 2.05) is 91.0 Å². The Balaban J connectivity index is 2.17. The topological polar surface area (TPSA) is 96.0 Å². The van der Waals surface area contributed by atoms with Gasteiger partial charge in [-0.05, 0) is 29.5 Å². The third-order valence-corrected chi connectivity index (χ3v) is 5.39. The predicted molar refractivity (Wildman–Crippen MR) is 120 cm³/mol. The maximum atomic E-state index is 14.0. The summed E-state index contributed by atoms with van der Waals surface area (Å²) in [6.45, 7) is 0. The number of unbranched alkanes of at least 4 members (excludes halogenated alkanes) is 1. The number of hydrogen-bond acceptors (Lipinski definition) is 3. The van der Waals surface area contributed by atoms with Gasteiger partial charge in [0.05, 0.1) is 6.07 Å². The number of carbonyl (C=O) groups excluding carboxylic acids is 2. The van der Waals surface area contributed by atoms with E-state index in [0.717, 1.165) is 16.7 Å². The summed E-state index contributed by atoms with van der Waals surface area (Å²) < 4.78 is 0. The summed E-state index contributed by atoms with van der Waals surface area (Å²) in [5.41, 5.74) is 6.76. The Bertz CT molecular complexity index is 948. The Hall–Kier alpha value is -3.91. The molecule has 31 heavy (non-hydrogen) atoms. The molecule has 0 heterocycles. The SMILES string of the molecule is N#CCCC[C@H](NC(=O)C(c1ccccc1)(c1ccccc1)c1ccccc1)C(N)=O. The molecule has 156 valence electrons. The third kappa shape index (κ3) is 4.65. The van der Waals surface area contributed by atoms with Crippen molar-refractivity contribution in [3.63, 3.8) is 0 Å². The maximum absolute atomic E-state index is 14.0. The van der Waals surface area contributed by atoms with Gasteiger partial charge in [-0.15, -0.1) is 0 Å². The van der Waals surface area contributed by atoms with Gasteiger partial charge in [0.25, 0.3) is 0 Å². The van der Waals surface area contributed by atoms with Crippen molar-refractivity contribution in [3.05, 3.63) is 108 Å². The second kappa shape index (κ2) is 10.2. The van der Waals surface area contributed by atoms with Crippen LogP contribution in [0.15, 0.2) is 91.0 Å². The van der Waals surface area contributed by atoms with E-state index in [2.05, 4.69) is 11.4 Å². The molecule has 1 atom stereocenters. The fourth-order valence-corrected chi connectivity index (χ4v) is 3.90. The minimum Gasteiger partial charge on any atom is -0.368 e. The van der Waals surface area contributed by atoms with Gasteiger partial charge in [-0.25, -0.2) is 0 Å². The number of nitrogens with two attached hydrogens (primary N) is 1. The molecule has 2 amide bonds. The van der Waals surface area contributed by atoms with Gasteiger partial charge >= 0.3 is 0 Å². The molecular formula is C26H25N3O2. The summed E-state index contributed by atoms with van der Waals surface area (Å²) in [4.78, 5) is 26.1. The van der Waals surface area contributed by atoms with E-state index in [1.165, 1.54) is 0 Å². The van der Waals surface area contributed by atoms with Gasteiger partial charge in [0.2, 0.25) is 11.8 Å². The molecule has 3 N–H and O–H groups in total. The van der Waals surface area contributed by atoms with Gasteiger partial charge in [-0.3, -0.25) is 9.59 Å². The first kappa shape index (κ1) is 21.8. The fraction of sp³-hybridized carbons (Fsp3) is 0.192. The van der Waals surface area contributed by atoms with E-state index < -0.39 is 17.4 Å². The van der Waals surface area contributed by atoms with E-state index in [-0.39, 0.29) is 5.91 Å². The molecule has 0 fully saturated rings. The number of carbonyl (C=O) groups is 2. The summed E-state index contributed by atoms with van der Waals surface area (Å²) in [5, 5.41) is 11.7. The molecular weight excluding hydrogens is 386 g/mol. The van der Waals surface area contributed by atoms with Crippen molar-refractivity contribution in [1.29, 1.82) is 5.26 Å². The molecule has 0 aliphatic carbocycles. The molecule has 5 heteroatoms. The van der Waals surface area contributed by atoms with Crippen molar-refractivity contribution in [2.24, 2.45) is 5.73 Å². The second-order valence-electron chi connectivity index (χ2n) is 7.33. The van der Waals surface area contributed by atoms with Crippen LogP contribution in [-0.2, 0) is 15.0 Å². The minimum absolute atomic E-state index is 0.293. The largest absolute Gasteiger partial charge is 0.368 e. The Morgan fingerprint density at radius 3 is 1.61 bits per heavy atom. The molecule has 0 spiro atoms. The first-order chi connectivity index (χ1) is 15.1. The summed E-state index contributed by atoms with van der Waals surface area (Å²) >= 11 is 0. The quantitative estimate of drug-likeness (QED) is 0.415. The average molecular weight is 412 g/mol. The van der Waals surface area contributed by atoms with Crippen molar-refractivity contribution in [3.8, 4) is 6.07 Å². The molecule has 0 saturated carbocycles. The third-order valence-electron chi connectivity index (χ3n) is 5.39. The Morgan fingerprint density at radius 1 is 0.839 bits per heavy atom. The van der Waals surface area contributed by atoms with Crippen LogP contribution in [0.25, 0.3) is 0 Å². The number of rotatable bonds is 9. The Morgan fingerprint density at radius 2 is 1.26 bits per heavy atom. The molecule has 0 aromatic heterocycles. The monoisotopic (exact) mass is 411 g/mol. The van der Waals surface area contributed by atoms with Gasteiger partial charge < -0.3 is 11.1 Å². The maximum Gasteiger partial charge on any atom is 0.240 e. The van der Waals surface area contributed by atoms with E-state index in [9.17, 15) is 9.59 Å². The van der Waals surface area contributed by atoms with Gasteiger partial charge in [0.15, 0.2) is 0 Å². The first-order valence-electron chi connectivity index (χ1n) is 10.2. The lowest BCUT2D eigenvalue weighted by Gasteiger charge is -2.35. The van der Waals surface area contributed by atoms with Crippen LogP contribution in [0.3, 0.4) is 0 Å². The standard InChI is InChI=1S/C26H25N3O2/c27-19-11-10-18-23(24(28)30)29-25(31)26(20-12-4-1-5-13-20,21-14-6-2-7-15-21)22-16-8-3-9-17-22/h1-9,12-17,23H,10-11,18H2,(H2,28,30)(H,29,31)/t23-/m0/s1. The molecule has 3 aromatic carbocycles. The van der Waals surface area contributed by atoms with Crippen LogP contribution in [0.2, 0.25) is 0 Å². The van der Waals surface area contributed by atoms with Gasteiger partial charge in [0.1, 0.15) is 11.5 Å². The van der Waals surface area contributed by atoms with Gasteiger partial charge in [-0.1, -0.05) is 91.0 Å². The molecule has 0 bridgehead atoms. The number of primary amides is 1. The predicted octanol–water partition coefficient (Wildman–Crippen LogP) is 3.68. The highest BCUT2D eigenvalue weighted by Gasteiger charge is 2.44. The summed E-state index contributed by atoms with van der Waals surface area (Å²) in [7, 11) is 0. The number of hydrogen-bond donors (Lipinski definition) is 2. The normalized spacial score (nSPS) is 11.8. The van der Waals surface area contributed by atoms with Crippen LogP contribution in [-0.4, -0.2) is 17.9 Å². The van der Waals surface area contributed by atoms with Crippen LogP contribution in [0.1, 0.15) is 36.0 Å². The first-order valence-corrected chi connectivity index (χ1v) is 10.2. The number of amides is 2. The Labute approximate surface area is 182 Å². The number of nitrogens with zero attached hydrogens (tertiary/aromatic N) is 1. The lowest BCUT2D eigenvalue weighted by atomic mass is 9.68. The van der Waals surface area contributed by atoms with Crippen molar-refractivity contribution >= 4 is 11.8 Å². The lowest BCUT2D eigenvalue weighted by molar-refractivity contribution is -0.129. The molecule has 0 saturated heterocycles. The van der Waals surface area contributed by atoms with E-state index in [1.54, 1.807) is 0 Å². The van der Waals surface area contributed by atoms with Crippen molar-refractivity contribution < 1.29 is 9.59 Å². The second-order valence-corrected chi connectivity index (χ2v) is 7.33. The lowest BCUT2D eigenvalue weighted by Crippen LogP contribution is -2.53. The van der Waals surface area contributed by atoms with Crippen LogP contribution >= 0.6 is 0 Å². The summed E-state index contributed by atoms with van der Waals surface area (Å²) in [5.74, 6) is -0.953. The zero-order valence-electron chi connectivity index (χ0n) is 17.2. The molecule has 0 radical (unpaired) electrons. The highest BCUT2D eigenvalue weighted by Crippen LogP contribution is 2.39. The van der Waals surface area contributed by atoms with Crippen LogP contribution in [0.4, 0.5) is 0 Å². The van der Waals surface area contributed by atoms with E-state index in [0.29, 0.717) is 19.3 Å². The molecule has 5 nitrogen and oxygen atoms in total. The molecule has 0 unspecified atom stereocenters. The fourth-order valence-electron chi connectivity index (χ4n) is 3.90. The summed E-state index contributed by atoms with van der Waals surface area (Å²) in [6, 6.07) is 29.7. The highest BCUT2D eigenvalue weighted by atomic mass is 16.2. The zero-order valence-corrected chi connectivity index (χ0v) is 17.2. The smallest absolute Gasteiger partial charge is 0.240 e. The van der Waals surface area contributed by atoms with E-state index in [4.69, 9.17) is 11.0 Å². The summed E-state index contributed by atoms with van der Waals surface area (Å²) in [6.07, 6.45) is 1.07. The van der Waals surface area contributed by atoms with Gasteiger partial charge in [-0.2, -0.15) is 5.26 Å². The molecule has 3 aromatic rings. The highest BCUT2D eigenvalue weighted by molar-refractivity contribution is 5.98. The van der Waals surface area contributed by atoms with Crippen LogP contribution in [0, 0.1) is 11.3 Å². The number of nitriles is 1. The van der Waals surface area contributed by atoms with Crippen molar-refractivity contribution in [2.75, 3.05) is 0 Å². The molecule has 0 aliphatic rings. The van der Waals surface area contributed by atoms with Gasteiger partial charge in [0, 0.05) is 6.42 Å². The van der Waals surface area contributed by atoms with Crippen molar-refractivity contribution in [1.82, 2.24) is 5.32 Å². The minimum atomic E-state index is -1.17. The Kier molecular flexibility index (Phi) is 7.18. The molecule has 3 rings (SSSR count). The number of nitrogens with one attached hydrogen (secondary N) is 1. The molecule has 0 aliphatic heterocycles.